The summed E-state index contributed by atoms with van der Waals surface area (Å²) in [5, 5.41) is 8.15. The van der Waals surface area contributed by atoms with Gasteiger partial charge in [-0.25, -0.2) is 0 Å². The predicted molar refractivity (Wildman–Crippen MR) is 97.8 cm³/mol. The highest BCUT2D eigenvalue weighted by molar-refractivity contribution is 5.80. The third-order valence-electron chi connectivity index (χ3n) is 4.20. The first-order chi connectivity index (χ1) is 11.4. The molecule has 1 aliphatic rings. The lowest BCUT2D eigenvalue weighted by Gasteiger charge is -2.16. The van der Waals surface area contributed by atoms with Crippen molar-refractivity contribution in [3.8, 4) is 0 Å². The minimum absolute atomic E-state index is 0.501. The van der Waals surface area contributed by atoms with Crippen molar-refractivity contribution in [3.63, 3.8) is 0 Å². The van der Waals surface area contributed by atoms with E-state index >= 15 is 0 Å². The maximum absolute atomic E-state index is 4.71. The van der Waals surface area contributed by atoms with Crippen molar-refractivity contribution in [3.05, 3.63) is 48.7 Å². The molecule has 0 atom stereocenters. The Labute approximate surface area is 138 Å². The van der Waals surface area contributed by atoms with Crippen LogP contribution in [-0.2, 0) is 6.54 Å². The molecule has 23 heavy (non-hydrogen) atoms. The van der Waals surface area contributed by atoms with E-state index in [1.54, 1.807) is 0 Å². The quantitative estimate of drug-likeness (QED) is 0.372. The Morgan fingerprint density at radius 2 is 2.04 bits per heavy atom. The molecular formula is C19H26N4. The van der Waals surface area contributed by atoms with Crippen LogP contribution in [0.5, 0.6) is 0 Å². The van der Waals surface area contributed by atoms with E-state index < -0.39 is 0 Å². The van der Waals surface area contributed by atoms with Gasteiger partial charge in [0.25, 0.3) is 0 Å². The van der Waals surface area contributed by atoms with Crippen molar-refractivity contribution in [1.82, 2.24) is 15.2 Å². The van der Waals surface area contributed by atoms with Crippen molar-refractivity contribution in [2.75, 3.05) is 13.1 Å². The van der Waals surface area contributed by atoms with Crippen molar-refractivity contribution < 1.29 is 0 Å². The number of fused-ring (bicyclic) bond motifs is 1. The van der Waals surface area contributed by atoms with E-state index in [9.17, 15) is 0 Å². The van der Waals surface area contributed by atoms with Gasteiger partial charge in [-0.05, 0) is 43.7 Å². The second-order valence-electron chi connectivity index (χ2n) is 5.97. The summed E-state index contributed by atoms with van der Waals surface area (Å²) in [7, 11) is 0. The molecule has 0 aliphatic heterocycles. The maximum Gasteiger partial charge on any atom is 0.191 e. The van der Waals surface area contributed by atoms with Crippen LogP contribution in [0.2, 0.25) is 0 Å². The van der Waals surface area contributed by atoms with Gasteiger partial charge in [0.15, 0.2) is 5.96 Å². The van der Waals surface area contributed by atoms with Crippen LogP contribution in [0.4, 0.5) is 0 Å². The van der Waals surface area contributed by atoms with Gasteiger partial charge in [-0.1, -0.05) is 30.4 Å². The number of hydrogen-bond donors (Lipinski definition) is 2. The van der Waals surface area contributed by atoms with Crippen molar-refractivity contribution in [2.24, 2.45) is 4.99 Å². The summed E-state index contributed by atoms with van der Waals surface area (Å²) < 4.78 is 2.31. The molecule has 1 aromatic heterocycles. The summed E-state index contributed by atoms with van der Waals surface area (Å²) in [6, 6.07) is 11.2. The maximum atomic E-state index is 4.71. The smallest absolute Gasteiger partial charge is 0.191 e. The zero-order valence-corrected chi connectivity index (χ0v) is 13.8. The average Bonchev–Trinajstić information content (AvgIpc) is 3.21. The summed E-state index contributed by atoms with van der Waals surface area (Å²) in [4.78, 5) is 4.71. The van der Waals surface area contributed by atoms with Crippen LogP contribution in [0.3, 0.4) is 0 Å². The van der Waals surface area contributed by atoms with Gasteiger partial charge in [0.2, 0.25) is 0 Å². The number of nitrogens with zero attached hydrogens (tertiary/aromatic N) is 2. The Hall–Kier alpha value is -2.23. The molecule has 0 spiro atoms. The molecule has 0 amide bonds. The van der Waals surface area contributed by atoms with Gasteiger partial charge < -0.3 is 15.2 Å². The molecule has 2 aromatic rings. The lowest BCUT2D eigenvalue weighted by Crippen LogP contribution is -2.42. The first-order valence-corrected chi connectivity index (χ1v) is 8.60. The summed E-state index contributed by atoms with van der Waals surface area (Å²) in [6.07, 6.45) is 9.87. The van der Waals surface area contributed by atoms with Crippen molar-refractivity contribution in [2.45, 2.75) is 38.8 Å². The third-order valence-corrected chi connectivity index (χ3v) is 4.20. The van der Waals surface area contributed by atoms with Crippen LogP contribution in [-0.4, -0.2) is 29.7 Å². The van der Waals surface area contributed by atoms with Gasteiger partial charge in [0.1, 0.15) is 0 Å². The fourth-order valence-corrected chi connectivity index (χ4v) is 3.02. The number of rotatable bonds is 6. The van der Waals surface area contributed by atoms with Crippen molar-refractivity contribution in [1.29, 1.82) is 0 Å². The average molecular weight is 310 g/mol. The van der Waals surface area contributed by atoms with E-state index in [1.807, 2.05) is 0 Å². The number of aromatic nitrogens is 1. The molecule has 0 unspecified atom stereocenters. The zero-order valence-electron chi connectivity index (χ0n) is 13.8. The van der Waals surface area contributed by atoms with E-state index in [1.165, 1.54) is 10.9 Å². The van der Waals surface area contributed by atoms with Crippen LogP contribution >= 0.6 is 0 Å². The Bertz CT molecular complexity index is 675. The van der Waals surface area contributed by atoms with Crippen molar-refractivity contribution >= 4 is 16.9 Å². The Kier molecular flexibility index (Phi) is 5.35. The molecule has 4 heteroatoms. The molecule has 1 heterocycles. The highest BCUT2D eigenvalue weighted by atomic mass is 15.2. The Morgan fingerprint density at radius 1 is 1.22 bits per heavy atom. The van der Waals surface area contributed by atoms with Gasteiger partial charge in [-0.15, -0.1) is 0 Å². The summed E-state index contributed by atoms with van der Waals surface area (Å²) in [5.41, 5.74) is 1.30. The van der Waals surface area contributed by atoms with E-state index in [4.69, 9.17) is 4.99 Å². The number of benzene rings is 1. The number of nitrogens with one attached hydrogen (secondary N) is 2. The van der Waals surface area contributed by atoms with Gasteiger partial charge >= 0.3 is 0 Å². The van der Waals surface area contributed by atoms with Gasteiger partial charge in [0.05, 0.1) is 0 Å². The minimum atomic E-state index is 0.501. The molecule has 4 nitrogen and oxygen atoms in total. The van der Waals surface area contributed by atoms with Crippen LogP contribution in [0.25, 0.3) is 10.9 Å². The molecule has 0 bridgehead atoms. The fraction of sp³-hybridized carbons (Fsp3) is 0.421. The molecule has 0 radical (unpaired) electrons. The minimum Gasteiger partial charge on any atom is -0.357 e. The molecule has 1 aromatic carbocycles. The highest BCUT2D eigenvalue weighted by Crippen LogP contribution is 2.15. The first kappa shape index (κ1) is 15.7. The van der Waals surface area contributed by atoms with Crippen LogP contribution < -0.4 is 10.6 Å². The third kappa shape index (κ3) is 4.15. The molecular weight excluding hydrogens is 284 g/mol. The lowest BCUT2D eigenvalue weighted by molar-refractivity contribution is 0.626. The summed E-state index contributed by atoms with van der Waals surface area (Å²) in [5.74, 6) is 0.943. The molecule has 0 fully saturated rings. The van der Waals surface area contributed by atoms with Gasteiger partial charge in [-0.2, -0.15) is 0 Å². The Morgan fingerprint density at radius 3 is 2.87 bits per heavy atom. The van der Waals surface area contributed by atoms with Gasteiger partial charge in [0, 0.05) is 37.4 Å². The Balaban J connectivity index is 1.51. The topological polar surface area (TPSA) is 41.4 Å². The van der Waals surface area contributed by atoms with E-state index in [-0.39, 0.29) is 0 Å². The second-order valence-corrected chi connectivity index (χ2v) is 5.97. The number of aliphatic imine (C=N–C) groups is 1. The van der Waals surface area contributed by atoms with Crippen LogP contribution in [0.15, 0.2) is 53.7 Å². The lowest BCUT2D eigenvalue weighted by atomic mass is 10.2. The molecule has 3 rings (SSSR count). The monoisotopic (exact) mass is 310 g/mol. The first-order valence-electron chi connectivity index (χ1n) is 8.60. The summed E-state index contributed by atoms with van der Waals surface area (Å²) in [6.45, 7) is 4.84. The normalized spacial score (nSPS) is 15.4. The predicted octanol–water partition coefficient (Wildman–Crippen LogP) is 3.31. The number of para-hydroxylation sites is 1. The van der Waals surface area contributed by atoms with Crippen LogP contribution in [0, 0.1) is 0 Å². The second kappa shape index (κ2) is 7.86. The number of hydrogen-bond acceptors (Lipinski definition) is 1. The largest absolute Gasteiger partial charge is 0.357 e. The van der Waals surface area contributed by atoms with Crippen LogP contribution in [0.1, 0.15) is 26.2 Å². The standard InChI is InChI=1S/C19H26N4/c1-2-20-19(22-17-9-4-5-10-17)21-13-7-14-23-15-12-16-8-3-6-11-18(16)23/h3-6,8,11-12,15,17H,2,7,9-10,13-14H2,1H3,(H2,20,21,22). The number of aryl methyl sites for hydroxylation is 1. The fourth-order valence-electron chi connectivity index (χ4n) is 3.02. The van der Waals surface area contributed by atoms with E-state index in [0.717, 1.165) is 44.9 Å². The SMILES string of the molecule is CCNC(=NCCCn1ccc2ccccc21)NC1CC=CC1. The molecule has 0 saturated heterocycles. The van der Waals surface area contributed by atoms with Gasteiger partial charge in [-0.3, -0.25) is 4.99 Å². The highest BCUT2D eigenvalue weighted by Gasteiger charge is 2.11. The molecule has 2 N–H and O–H groups in total. The number of guanidine groups is 1. The summed E-state index contributed by atoms with van der Waals surface area (Å²) >= 11 is 0. The van der Waals surface area contributed by atoms with E-state index in [0.29, 0.717) is 6.04 Å². The molecule has 1 aliphatic carbocycles. The zero-order chi connectivity index (χ0) is 15.9. The molecule has 122 valence electrons. The van der Waals surface area contributed by atoms with E-state index in [2.05, 4.69) is 70.8 Å². The molecule has 0 saturated carbocycles.